The van der Waals surface area contributed by atoms with Crippen LogP contribution in [0.5, 0.6) is 0 Å². The number of amides is 1. The second-order valence-corrected chi connectivity index (χ2v) is 9.65. The van der Waals surface area contributed by atoms with Crippen molar-refractivity contribution in [2.24, 2.45) is 5.92 Å². The Morgan fingerprint density at radius 1 is 1.12 bits per heavy atom. The van der Waals surface area contributed by atoms with Gasteiger partial charge in [-0.05, 0) is 69.0 Å². The molecule has 1 aromatic carbocycles. The third-order valence-corrected chi connectivity index (χ3v) is 6.73. The van der Waals surface area contributed by atoms with E-state index >= 15 is 0 Å². The minimum Gasteiger partial charge on any atom is -0.322 e. The zero-order valence-electron chi connectivity index (χ0n) is 18.5. The second-order valence-electron chi connectivity index (χ2n) is 9.22. The lowest BCUT2D eigenvalue weighted by Crippen LogP contribution is -2.51. The van der Waals surface area contributed by atoms with E-state index in [9.17, 15) is 4.79 Å². The molecule has 5 rings (SSSR count). The van der Waals surface area contributed by atoms with Crippen LogP contribution in [0, 0.1) is 5.92 Å². The van der Waals surface area contributed by atoms with E-state index in [4.69, 9.17) is 11.6 Å². The molecule has 32 heavy (non-hydrogen) atoms. The lowest BCUT2D eigenvalue weighted by molar-refractivity contribution is 0.0437. The van der Waals surface area contributed by atoms with Crippen LogP contribution in [0.15, 0.2) is 42.6 Å². The molecule has 8 heteroatoms. The molecule has 1 aliphatic heterocycles. The van der Waals surface area contributed by atoms with E-state index in [1.54, 1.807) is 30.3 Å². The predicted octanol–water partition coefficient (Wildman–Crippen LogP) is 4.11. The van der Waals surface area contributed by atoms with Crippen molar-refractivity contribution >= 4 is 28.8 Å². The maximum atomic E-state index is 12.9. The summed E-state index contributed by atoms with van der Waals surface area (Å²) in [4.78, 5) is 18.0. The standard InChI is InChI=1S/C24H29ClN6O/c1-16(2)30-12-11-29(13-17-3-4-17)15-21(30)23-28-27-22-10-5-18(14-31(22)23)24(32)26-20-8-6-19(25)7-9-20/h5-10,14,16-17,21H,3-4,11-13,15H2,1-2H3,(H,26,32)/t21-/m1/s1. The normalized spacial score (nSPS) is 20.2. The number of carbonyl (C=O) groups is 1. The number of halogens is 1. The molecule has 0 unspecified atom stereocenters. The number of piperazine rings is 1. The number of nitrogens with one attached hydrogen (secondary N) is 1. The minimum absolute atomic E-state index is 0.145. The number of nitrogens with zero attached hydrogens (tertiary/aromatic N) is 5. The van der Waals surface area contributed by atoms with Gasteiger partial charge in [-0.3, -0.25) is 19.0 Å². The number of anilines is 1. The molecule has 1 N–H and O–H groups in total. The van der Waals surface area contributed by atoms with Gasteiger partial charge in [-0.1, -0.05) is 11.6 Å². The number of fused-ring (bicyclic) bond motifs is 1. The molecule has 0 radical (unpaired) electrons. The molecule has 2 aliphatic rings. The fourth-order valence-corrected chi connectivity index (χ4v) is 4.67. The number of aromatic nitrogens is 3. The molecule has 3 aromatic rings. The van der Waals surface area contributed by atoms with Crippen LogP contribution in [0.2, 0.25) is 5.02 Å². The third kappa shape index (κ3) is 4.51. The Kier molecular flexibility index (Phi) is 5.88. The summed E-state index contributed by atoms with van der Waals surface area (Å²) in [6, 6.07) is 11.3. The van der Waals surface area contributed by atoms with Gasteiger partial charge in [-0.15, -0.1) is 10.2 Å². The van der Waals surface area contributed by atoms with Crippen LogP contribution in [0.25, 0.3) is 5.65 Å². The molecule has 1 aliphatic carbocycles. The lowest BCUT2D eigenvalue weighted by atomic mass is 10.1. The van der Waals surface area contributed by atoms with E-state index < -0.39 is 0 Å². The van der Waals surface area contributed by atoms with Gasteiger partial charge in [-0.2, -0.15) is 0 Å². The van der Waals surface area contributed by atoms with Crippen molar-refractivity contribution in [1.82, 2.24) is 24.4 Å². The molecular weight excluding hydrogens is 424 g/mol. The summed E-state index contributed by atoms with van der Waals surface area (Å²) in [5, 5.41) is 12.5. The van der Waals surface area contributed by atoms with E-state index in [1.807, 2.05) is 16.7 Å². The van der Waals surface area contributed by atoms with Crippen LogP contribution in [0.4, 0.5) is 5.69 Å². The number of hydrogen-bond acceptors (Lipinski definition) is 5. The molecule has 2 aromatic heterocycles. The van der Waals surface area contributed by atoms with E-state index in [2.05, 4.69) is 39.2 Å². The topological polar surface area (TPSA) is 65.8 Å². The lowest BCUT2D eigenvalue weighted by Gasteiger charge is -2.42. The smallest absolute Gasteiger partial charge is 0.257 e. The summed E-state index contributed by atoms with van der Waals surface area (Å²) in [5.41, 5.74) is 2.03. The first kappa shape index (κ1) is 21.4. The van der Waals surface area contributed by atoms with Crippen LogP contribution >= 0.6 is 11.6 Å². The van der Waals surface area contributed by atoms with Gasteiger partial charge in [0.15, 0.2) is 11.5 Å². The summed E-state index contributed by atoms with van der Waals surface area (Å²) < 4.78 is 1.98. The van der Waals surface area contributed by atoms with E-state index in [-0.39, 0.29) is 11.9 Å². The van der Waals surface area contributed by atoms with Gasteiger partial charge in [0.05, 0.1) is 11.6 Å². The molecule has 168 valence electrons. The first-order chi connectivity index (χ1) is 15.5. The van der Waals surface area contributed by atoms with Gasteiger partial charge in [0.1, 0.15) is 0 Å². The number of rotatable bonds is 6. The van der Waals surface area contributed by atoms with Gasteiger partial charge in [-0.25, -0.2) is 0 Å². The summed E-state index contributed by atoms with van der Waals surface area (Å²) in [5.74, 6) is 1.59. The van der Waals surface area contributed by atoms with Crippen molar-refractivity contribution in [3.63, 3.8) is 0 Å². The average Bonchev–Trinajstić information content (AvgIpc) is 3.50. The van der Waals surface area contributed by atoms with Gasteiger partial charge < -0.3 is 5.32 Å². The predicted molar refractivity (Wildman–Crippen MR) is 126 cm³/mol. The van der Waals surface area contributed by atoms with Gasteiger partial charge >= 0.3 is 0 Å². The van der Waals surface area contributed by atoms with E-state index in [0.717, 1.165) is 37.0 Å². The van der Waals surface area contributed by atoms with Gasteiger partial charge in [0.2, 0.25) is 0 Å². The Balaban J connectivity index is 1.42. The van der Waals surface area contributed by atoms with Crippen LogP contribution in [-0.2, 0) is 0 Å². The summed E-state index contributed by atoms with van der Waals surface area (Å²) >= 11 is 5.95. The number of carbonyl (C=O) groups excluding carboxylic acids is 1. The Labute approximate surface area is 193 Å². The quantitative estimate of drug-likeness (QED) is 0.609. The van der Waals surface area contributed by atoms with Crippen molar-refractivity contribution in [2.45, 2.75) is 38.8 Å². The van der Waals surface area contributed by atoms with Crippen LogP contribution < -0.4 is 5.32 Å². The van der Waals surface area contributed by atoms with Crippen molar-refractivity contribution in [1.29, 1.82) is 0 Å². The van der Waals surface area contributed by atoms with E-state index in [0.29, 0.717) is 22.3 Å². The molecule has 2 fully saturated rings. The molecule has 1 amide bonds. The molecule has 7 nitrogen and oxygen atoms in total. The monoisotopic (exact) mass is 452 g/mol. The highest BCUT2D eigenvalue weighted by Gasteiger charge is 2.35. The highest BCUT2D eigenvalue weighted by atomic mass is 35.5. The van der Waals surface area contributed by atoms with Gasteiger partial charge in [0, 0.05) is 49.1 Å². The van der Waals surface area contributed by atoms with Crippen LogP contribution in [-0.4, -0.2) is 62.5 Å². The number of hydrogen-bond donors (Lipinski definition) is 1. The van der Waals surface area contributed by atoms with Crippen molar-refractivity contribution in [3.8, 4) is 0 Å². The van der Waals surface area contributed by atoms with Crippen LogP contribution in [0.3, 0.4) is 0 Å². The highest BCUT2D eigenvalue weighted by molar-refractivity contribution is 6.30. The molecule has 1 saturated carbocycles. The minimum atomic E-state index is -0.173. The SMILES string of the molecule is CC(C)N1CCN(CC2CC2)C[C@@H]1c1nnc2ccc(C(=O)Nc3ccc(Cl)cc3)cn12. The molecular formula is C24H29ClN6O. The first-order valence-corrected chi connectivity index (χ1v) is 11.8. The second kappa shape index (κ2) is 8.81. The molecule has 1 atom stereocenters. The number of pyridine rings is 1. The Morgan fingerprint density at radius 3 is 2.62 bits per heavy atom. The molecule has 0 bridgehead atoms. The summed E-state index contributed by atoms with van der Waals surface area (Å²) in [6.45, 7) is 8.69. The third-order valence-electron chi connectivity index (χ3n) is 6.47. The zero-order valence-corrected chi connectivity index (χ0v) is 19.3. The molecule has 0 spiro atoms. The van der Waals surface area contributed by atoms with Crippen molar-refractivity contribution < 1.29 is 4.79 Å². The highest BCUT2D eigenvalue weighted by Crippen LogP contribution is 2.33. The van der Waals surface area contributed by atoms with Crippen molar-refractivity contribution in [3.05, 3.63) is 59.0 Å². The van der Waals surface area contributed by atoms with E-state index in [1.165, 1.54) is 19.4 Å². The fraction of sp³-hybridized carbons (Fsp3) is 0.458. The average molecular weight is 453 g/mol. The van der Waals surface area contributed by atoms with Gasteiger partial charge in [0.25, 0.3) is 5.91 Å². The van der Waals surface area contributed by atoms with Crippen LogP contribution in [0.1, 0.15) is 48.9 Å². The summed E-state index contributed by atoms with van der Waals surface area (Å²) in [7, 11) is 0. The maximum absolute atomic E-state index is 12.9. The number of benzene rings is 1. The largest absolute Gasteiger partial charge is 0.322 e. The molecule has 3 heterocycles. The zero-order chi connectivity index (χ0) is 22.2. The Morgan fingerprint density at radius 2 is 1.91 bits per heavy atom. The Bertz CT molecular complexity index is 1110. The maximum Gasteiger partial charge on any atom is 0.257 e. The molecule has 1 saturated heterocycles. The van der Waals surface area contributed by atoms with Crippen molar-refractivity contribution in [2.75, 3.05) is 31.5 Å². The summed E-state index contributed by atoms with van der Waals surface area (Å²) in [6.07, 6.45) is 4.57. The first-order valence-electron chi connectivity index (χ1n) is 11.4. The fourth-order valence-electron chi connectivity index (χ4n) is 4.54. The Hall–Kier alpha value is -2.48.